The Hall–Kier alpha value is -1.55. The molecule has 0 amide bonds. The molecule has 3 rings (SSSR count). The summed E-state index contributed by atoms with van der Waals surface area (Å²) in [6, 6.07) is 4.61. The molecule has 114 valence electrons. The van der Waals surface area contributed by atoms with Crippen molar-refractivity contribution in [1.82, 2.24) is 14.3 Å². The molecule has 1 saturated heterocycles. The number of hydrogen-bond acceptors (Lipinski definition) is 3. The molecule has 0 radical (unpaired) electrons. The van der Waals surface area contributed by atoms with E-state index in [-0.39, 0.29) is 0 Å². The molecule has 2 aromatic heterocycles. The summed E-state index contributed by atoms with van der Waals surface area (Å²) in [5.41, 5.74) is 2.10. The summed E-state index contributed by atoms with van der Waals surface area (Å²) in [6.45, 7) is 7.02. The second kappa shape index (κ2) is 6.06. The molecule has 4 nitrogen and oxygen atoms in total. The summed E-state index contributed by atoms with van der Waals surface area (Å²) in [6.07, 6.45) is 7.86. The van der Waals surface area contributed by atoms with Gasteiger partial charge in [0.15, 0.2) is 11.4 Å². The van der Waals surface area contributed by atoms with E-state index in [1.165, 1.54) is 31.6 Å². The molecule has 1 atom stereocenters. The molecule has 0 saturated carbocycles. The van der Waals surface area contributed by atoms with Gasteiger partial charge in [0, 0.05) is 25.0 Å². The largest absolute Gasteiger partial charge is 0.493 e. The van der Waals surface area contributed by atoms with Crippen molar-refractivity contribution in [3.8, 4) is 5.75 Å². The van der Waals surface area contributed by atoms with Gasteiger partial charge in [0.05, 0.1) is 12.8 Å². The number of fused-ring (bicyclic) bond motifs is 1. The molecule has 0 aliphatic carbocycles. The van der Waals surface area contributed by atoms with Gasteiger partial charge >= 0.3 is 0 Å². The predicted molar refractivity (Wildman–Crippen MR) is 84.9 cm³/mol. The van der Waals surface area contributed by atoms with Gasteiger partial charge in [0.1, 0.15) is 0 Å². The molecule has 1 aliphatic heterocycles. The summed E-state index contributed by atoms with van der Waals surface area (Å²) >= 11 is 0. The Balaban J connectivity index is 1.75. The first kappa shape index (κ1) is 14.4. The van der Waals surface area contributed by atoms with E-state index in [0.29, 0.717) is 6.04 Å². The van der Waals surface area contributed by atoms with Gasteiger partial charge in [-0.15, -0.1) is 0 Å². The van der Waals surface area contributed by atoms with Crippen LogP contribution in [0.1, 0.15) is 32.4 Å². The van der Waals surface area contributed by atoms with Crippen molar-refractivity contribution in [2.45, 2.75) is 39.2 Å². The standard InChI is InChI=1S/C17H25N3O/c1-13(2)19-8-4-6-14(11-19)10-15-12-20-9-5-7-16(21-3)17(20)18-15/h5,7,9,12-14H,4,6,8,10-11H2,1-3H3. The first-order valence-electron chi connectivity index (χ1n) is 7.92. The third-order valence-corrected chi connectivity index (χ3v) is 4.50. The van der Waals surface area contributed by atoms with Crippen molar-refractivity contribution in [3.05, 3.63) is 30.2 Å². The third kappa shape index (κ3) is 3.05. The molecule has 4 heteroatoms. The lowest BCUT2D eigenvalue weighted by molar-refractivity contribution is 0.139. The van der Waals surface area contributed by atoms with E-state index in [2.05, 4.69) is 29.3 Å². The molecule has 0 N–H and O–H groups in total. The number of imidazole rings is 1. The van der Waals surface area contributed by atoms with Crippen LogP contribution in [-0.4, -0.2) is 40.5 Å². The molecular weight excluding hydrogens is 262 g/mol. The van der Waals surface area contributed by atoms with Gasteiger partial charge in [-0.1, -0.05) is 0 Å². The van der Waals surface area contributed by atoms with Gasteiger partial charge in [-0.3, -0.25) is 0 Å². The van der Waals surface area contributed by atoms with Crippen LogP contribution >= 0.6 is 0 Å². The lowest BCUT2D eigenvalue weighted by Crippen LogP contribution is -2.40. The second-order valence-corrected chi connectivity index (χ2v) is 6.34. The number of pyridine rings is 1. The Bertz CT molecular complexity index is 605. The van der Waals surface area contributed by atoms with Crippen LogP contribution in [0.5, 0.6) is 5.75 Å². The maximum absolute atomic E-state index is 5.39. The van der Waals surface area contributed by atoms with Gasteiger partial charge in [0.25, 0.3) is 0 Å². The average Bonchev–Trinajstić information content (AvgIpc) is 2.89. The van der Waals surface area contributed by atoms with Crippen LogP contribution in [0.4, 0.5) is 0 Å². The number of aromatic nitrogens is 2. The Morgan fingerprint density at radius 2 is 2.29 bits per heavy atom. The summed E-state index contributed by atoms with van der Waals surface area (Å²) in [5.74, 6) is 1.56. The lowest BCUT2D eigenvalue weighted by Gasteiger charge is -2.35. The van der Waals surface area contributed by atoms with Crippen LogP contribution in [0.3, 0.4) is 0 Å². The SMILES string of the molecule is COc1cccn2cc(CC3CCCN(C(C)C)C3)nc12. The van der Waals surface area contributed by atoms with Gasteiger partial charge in [0.2, 0.25) is 0 Å². The smallest absolute Gasteiger partial charge is 0.179 e. The van der Waals surface area contributed by atoms with E-state index in [4.69, 9.17) is 9.72 Å². The zero-order valence-electron chi connectivity index (χ0n) is 13.2. The first-order valence-corrected chi connectivity index (χ1v) is 7.92. The summed E-state index contributed by atoms with van der Waals surface area (Å²) in [4.78, 5) is 7.35. The van der Waals surface area contributed by atoms with Crippen molar-refractivity contribution in [2.24, 2.45) is 5.92 Å². The first-order chi connectivity index (χ1) is 10.2. The van der Waals surface area contributed by atoms with E-state index < -0.39 is 0 Å². The van der Waals surface area contributed by atoms with Crippen LogP contribution in [0.15, 0.2) is 24.5 Å². The number of methoxy groups -OCH3 is 1. The highest BCUT2D eigenvalue weighted by molar-refractivity contribution is 5.54. The Kier molecular flexibility index (Phi) is 4.15. The third-order valence-electron chi connectivity index (χ3n) is 4.50. The van der Waals surface area contributed by atoms with Crippen molar-refractivity contribution >= 4 is 5.65 Å². The van der Waals surface area contributed by atoms with Crippen LogP contribution in [0.25, 0.3) is 5.65 Å². The molecular formula is C17H25N3O. The van der Waals surface area contributed by atoms with Crippen molar-refractivity contribution < 1.29 is 4.74 Å². The number of nitrogens with zero attached hydrogens (tertiary/aromatic N) is 3. The molecule has 0 bridgehead atoms. The highest BCUT2D eigenvalue weighted by Crippen LogP contribution is 2.24. The van der Waals surface area contributed by atoms with Crippen LogP contribution in [-0.2, 0) is 6.42 Å². The van der Waals surface area contributed by atoms with E-state index in [1.54, 1.807) is 7.11 Å². The number of hydrogen-bond donors (Lipinski definition) is 0. The fourth-order valence-electron chi connectivity index (χ4n) is 3.32. The average molecular weight is 287 g/mol. The van der Waals surface area contributed by atoms with E-state index in [0.717, 1.165) is 23.7 Å². The van der Waals surface area contributed by atoms with Gasteiger partial charge in [-0.25, -0.2) is 4.98 Å². The molecule has 1 aliphatic rings. The van der Waals surface area contributed by atoms with E-state index in [9.17, 15) is 0 Å². The number of rotatable bonds is 4. The molecule has 1 unspecified atom stereocenters. The van der Waals surface area contributed by atoms with Crippen LogP contribution in [0, 0.1) is 5.92 Å². The summed E-state index contributed by atoms with van der Waals surface area (Å²) < 4.78 is 7.45. The maximum atomic E-state index is 5.39. The minimum Gasteiger partial charge on any atom is -0.493 e. The number of piperidine rings is 1. The normalized spacial score (nSPS) is 20.3. The fraction of sp³-hybridized carbons (Fsp3) is 0.588. The minimum atomic E-state index is 0.647. The zero-order chi connectivity index (χ0) is 14.8. The van der Waals surface area contributed by atoms with Crippen LogP contribution < -0.4 is 4.74 Å². The number of ether oxygens (including phenoxy) is 1. The Labute approximate surface area is 126 Å². The molecule has 2 aromatic rings. The summed E-state index contributed by atoms with van der Waals surface area (Å²) in [7, 11) is 1.70. The molecule has 21 heavy (non-hydrogen) atoms. The van der Waals surface area contributed by atoms with Gasteiger partial charge in [-0.2, -0.15) is 0 Å². The lowest BCUT2D eigenvalue weighted by atomic mass is 9.93. The zero-order valence-corrected chi connectivity index (χ0v) is 13.2. The minimum absolute atomic E-state index is 0.647. The fourth-order valence-corrected chi connectivity index (χ4v) is 3.32. The monoisotopic (exact) mass is 287 g/mol. The maximum Gasteiger partial charge on any atom is 0.179 e. The quantitative estimate of drug-likeness (QED) is 0.866. The second-order valence-electron chi connectivity index (χ2n) is 6.34. The molecule has 1 fully saturated rings. The van der Waals surface area contributed by atoms with Crippen molar-refractivity contribution in [2.75, 3.05) is 20.2 Å². The Morgan fingerprint density at radius 3 is 3.05 bits per heavy atom. The Morgan fingerprint density at radius 1 is 1.43 bits per heavy atom. The van der Waals surface area contributed by atoms with E-state index >= 15 is 0 Å². The highest BCUT2D eigenvalue weighted by atomic mass is 16.5. The topological polar surface area (TPSA) is 29.8 Å². The predicted octanol–water partition coefficient (Wildman–Crippen LogP) is 3.01. The number of likely N-dealkylation sites (tertiary alicyclic amines) is 1. The summed E-state index contributed by atoms with van der Waals surface area (Å²) in [5, 5.41) is 0. The van der Waals surface area contributed by atoms with E-state index in [1.807, 2.05) is 18.3 Å². The van der Waals surface area contributed by atoms with Crippen molar-refractivity contribution in [1.29, 1.82) is 0 Å². The molecule has 0 aromatic carbocycles. The highest BCUT2D eigenvalue weighted by Gasteiger charge is 2.22. The van der Waals surface area contributed by atoms with Gasteiger partial charge in [-0.05, 0) is 57.7 Å². The molecule has 0 spiro atoms. The molecule has 3 heterocycles. The van der Waals surface area contributed by atoms with Crippen LogP contribution in [0.2, 0.25) is 0 Å². The van der Waals surface area contributed by atoms with Crippen molar-refractivity contribution in [3.63, 3.8) is 0 Å². The van der Waals surface area contributed by atoms with Gasteiger partial charge < -0.3 is 14.0 Å².